The summed E-state index contributed by atoms with van der Waals surface area (Å²) in [5, 5.41) is 1.99. The molecule has 1 aliphatic heterocycles. The normalized spacial score (nSPS) is 18.2. The molecule has 20 heavy (non-hydrogen) atoms. The lowest BCUT2D eigenvalue weighted by molar-refractivity contribution is -0.145. The van der Waals surface area contributed by atoms with E-state index in [1.807, 2.05) is 18.5 Å². The van der Waals surface area contributed by atoms with Gasteiger partial charge in [-0.15, -0.1) is 11.3 Å². The van der Waals surface area contributed by atoms with Gasteiger partial charge in [0.15, 0.2) is 0 Å². The molecule has 4 nitrogen and oxygen atoms in total. The van der Waals surface area contributed by atoms with Gasteiger partial charge in [-0.3, -0.25) is 4.79 Å². The fourth-order valence-corrected chi connectivity index (χ4v) is 3.04. The zero-order valence-corrected chi connectivity index (χ0v) is 12.5. The lowest BCUT2D eigenvalue weighted by Crippen LogP contribution is -2.39. The number of rotatable bonds is 3. The number of likely N-dealkylation sites (N-methyl/N-ethyl adjacent to an activating group) is 1. The Labute approximate surface area is 123 Å². The summed E-state index contributed by atoms with van der Waals surface area (Å²) in [6.07, 6.45) is 2.70. The monoisotopic (exact) mass is 292 g/mol. The molecule has 0 aromatic carbocycles. The summed E-state index contributed by atoms with van der Waals surface area (Å²) in [5.41, 5.74) is 6.31. The maximum absolute atomic E-state index is 12.2. The van der Waals surface area contributed by atoms with Gasteiger partial charge in [-0.2, -0.15) is 0 Å². The maximum atomic E-state index is 12.2. The van der Waals surface area contributed by atoms with E-state index in [0.29, 0.717) is 19.7 Å². The number of carbonyl (C=O) groups is 1. The highest BCUT2D eigenvalue weighted by Gasteiger charge is 2.25. The molecule has 0 bridgehead atoms. The van der Waals surface area contributed by atoms with E-state index < -0.39 is 0 Å². The molecular formula is C15H20N2O2S. The lowest BCUT2D eigenvalue weighted by atomic mass is 10.1. The van der Waals surface area contributed by atoms with Gasteiger partial charge in [0, 0.05) is 29.5 Å². The smallest absolute Gasteiger partial charge is 0.251 e. The molecule has 2 heterocycles. The summed E-state index contributed by atoms with van der Waals surface area (Å²) >= 11 is 1.61. The largest absolute Gasteiger partial charge is 0.368 e. The van der Waals surface area contributed by atoms with Crippen LogP contribution in [0.25, 0.3) is 0 Å². The predicted octanol–water partition coefficient (Wildman–Crippen LogP) is 1.59. The van der Waals surface area contributed by atoms with Crippen LogP contribution in [0.4, 0.5) is 0 Å². The zero-order valence-electron chi connectivity index (χ0n) is 11.7. The van der Waals surface area contributed by atoms with Crippen LogP contribution in [0.2, 0.25) is 0 Å². The average Bonchev–Trinajstić information content (AvgIpc) is 2.92. The van der Waals surface area contributed by atoms with Crippen LogP contribution in [0.3, 0.4) is 0 Å². The number of nitrogens with zero attached hydrogens (tertiary/aromatic N) is 1. The van der Waals surface area contributed by atoms with Crippen molar-refractivity contribution in [3.05, 3.63) is 21.9 Å². The van der Waals surface area contributed by atoms with E-state index in [-0.39, 0.29) is 12.0 Å². The molecule has 0 saturated carbocycles. The Morgan fingerprint density at radius 2 is 2.45 bits per heavy atom. The maximum Gasteiger partial charge on any atom is 0.251 e. The molecule has 0 spiro atoms. The number of carbonyl (C=O) groups excluding carboxylic acids is 1. The van der Waals surface area contributed by atoms with Crippen molar-refractivity contribution in [2.24, 2.45) is 5.73 Å². The molecule has 1 aliphatic rings. The van der Waals surface area contributed by atoms with Crippen molar-refractivity contribution in [3.63, 3.8) is 0 Å². The minimum absolute atomic E-state index is 0.0766. The van der Waals surface area contributed by atoms with E-state index in [0.717, 1.165) is 29.7 Å². The number of amides is 1. The number of ether oxygens (including phenoxy) is 1. The van der Waals surface area contributed by atoms with E-state index in [9.17, 15) is 4.79 Å². The molecule has 5 heteroatoms. The average molecular weight is 292 g/mol. The minimum atomic E-state index is -0.259. The first kappa shape index (κ1) is 15.0. The third-order valence-corrected chi connectivity index (χ3v) is 4.13. The standard InChI is InChI=1S/C15H20N2O2S/c1-17(15(18)14-6-2-3-8-19-14)10-13-9-12(11-20-13)5-4-7-16/h9,11,14H,2-3,6-8,10,16H2,1H3. The van der Waals surface area contributed by atoms with Gasteiger partial charge in [0.25, 0.3) is 5.91 Å². The number of hydrogen-bond acceptors (Lipinski definition) is 4. The lowest BCUT2D eigenvalue weighted by Gasteiger charge is -2.26. The molecule has 0 aliphatic carbocycles. The van der Waals surface area contributed by atoms with E-state index >= 15 is 0 Å². The highest BCUT2D eigenvalue weighted by molar-refractivity contribution is 7.10. The quantitative estimate of drug-likeness (QED) is 0.861. The van der Waals surface area contributed by atoms with Crippen LogP contribution in [-0.4, -0.2) is 37.1 Å². The van der Waals surface area contributed by atoms with Crippen molar-refractivity contribution < 1.29 is 9.53 Å². The molecule has 1 aromatic rings. The molecule has 0 radical (unpaired) electrons. The highest BCUT2D eigenvalue weighted by Crippen LogP contribution is 2.19. The summed E-state index contributed by atoms with van der Waals surface area (Å²) in [6.45, 7) is 1.67. The number of nitrogens with two attached hydrogens (primary N) is 1. The first-order valence-corrected chi connectivity index (χ1v) is 7.71. The van der Waals surface area contributed by atoms with Crippen LogP contribution >= 0.6 is 11.3 Å². The Kier molecular flexibility index (Phi) is 5.60. The molecule has 1 unspecified atom stereocenters. The second-order valence-electron chi connectivity index (χ2n) is 4.86. The molecule has 108 valence electrons. The topological polar surface area (TPSA) is 55.6 Å². The minimum Gasteiger partial charge on any atom is -0.368 e. The van der Waals surface area contributed by atoms with Crippen molar-refractivity contribution in [1.29, 1.82) is 0 Å². The first-order valence-electron chi connectivity index (χ1n) is 6.83. The van der Waals surface area contributed by atoms with Crippen LogP contribution in [0.1, 0.15) is 29.7 Å². The molecule has 1 amide bonds. The Bertz CT molecular complexity index is 509. The van der Waals surface area contributed by atoms with E-state index in [1.165, 1.54) is 0 Å². The van der Waals surface area contributed by atoms with Gasteiger partial charge in [-0.1, -0.05) is 11.8 Å². The molecule has 2 N–H and O–H groups in total. The Morgan fingerprint density at radius 3 is 3.15 bits per heavy atom. The van der Waals surface area contributed by atoms with Crippen molar-refractivity contribution in [2.75, 3.05) is 20.2 Å². The number of thiophene rings is 1. The van der Waals surface area contributed by atoms with Crippen LogP contribution in [0, 0.1) is 11.8 Å². The fourth-order valence-electron chi connectivity index (χ4n) is 2.18. The summed E-state index contributed by atoms with van der Waals surface area (Å²) in [7, 11) is 1.82. The Morgan fingerprint density at radius 1 is 1.60 bits per heavy atom. The van der Waals surface area contributed by atoms with E-state index in [2.05, 4.69) is 11.8 Å². The first-order chi connectivity index (χ1) is 9.70. The molecule has 1 saturated heterocycles. The van der Waals surface area contributed by atoms with Crippen LogP contribution in [0.5, 0.6) is 0 Å². The van der Waals surface area contributed by atoms with Crippen molar-refractivity contribution >= 4 is 17.2 Å². The number of hydrogen-bond donors (Lipinski definition) is 1. The summed E-state index contributed by atoms with van der Waals surface area (Å²) in [5.74, 6) is 5.90. The second-order valence-corrected chi connectivity index (χ2v) is 5.85. The van der Waals surface area contributed by atoms with Gasteiger partial charge in [0.1, 0.15) is 6.10 Å². The Balaban J connectivity index is 1.91. The fraction of sp³-hybridized carbons (Fsp3) is 0.533. The summed E-state index contributed by atoms with van der Waals surface area (Å²) in [6, 6.07) is 2.01. The molecular weight excluding hydrogens is 272 g/mol. The predicted molar refractivity (Wildman–Crippen MR) is 80.3 cm³/mol. The molecule has 2 rings (SSSR count). The molecule has 1 aromatic heterocycles. The third kappa shape index (κ3) is 4.07. The summed E-state index contributed by atoms with van der Waals surface area (Å²) < 4.78 is 5.53. The van der Waals surface area contributed by atoms with Gasteiger partial charge >= 0.3 is 0 Å². The van der Waals surface area contributed by atoms with Crippen LogP contribution in [0.15, 0.2) is 11.4 Å². The van der Waals surface area contributed by atoms with Gasteiger partial charge in [-0.25, -0.2) is 0 Å². The van der Waals surface area contributed by atoms with Crippen LogP contribution < -0.4 is 5.73 Å². The van der Waals surface area contributed by atoms with Gasteiger partial charge in [0.2, 0.25) is 0 Å². The molecule has 1 fully saturated rings. The zero-order chi connectivity index (χ0) is 14.4. The van der Waals surface area contributed by atoms with E-state index in [1.54, 1.807) is 16.2 Å². The van der Waals surface area contributed by atoms with Gasteiger partial charge in [-0.05, 0) is 25.3 Å². The Hall–Kier alpha value is -1.35. The third-order valence-electron chi connectivity index (χ3n) is 3.21. The van der Waals surface area contributed by atoms with Gasteiger partial charge < -0.3 is 15.4 Å². The SMILES string of the molecule is CN(Cc1cc(C#CCN)cs1)C(=O)C1CCCCO1. The van der Waals surface area contributed by atoms with Crippen molar-refractivity contribution in [3.8, 4) is 11.8 Å². The van der Waals surface area contributed by atoms with Crippen LogP contribution in [-0.2, 0) is 16.1 Å². The van der Waals surface area contributed by atoms with Gasteiger partial charge in [0.05, 0.1) is 13.1 Å². The van der Waals surface area contributed by atoms with E-state index in [4.69, 9.17) is 10.5 Å². The van der Waals surface area contributed by atoms with Crippen molar-refractivity contribution in [2.45, 2.75) is 31.9 Å². The second kappa shape index (κ2) is 7.44. The molecule has 1 atom stereocenters. The summed E-state index contributed by atoms with van der Waals surface area (Å²) in [4.78, 5) is 15.1. The highest BCUT2D eigenvalue weighted by atomic mass is 32.1. The van der Waals surface area contributed by atoms with Crippen molar-refractivity contribution in [1.82, 2.24) is 4.90 Å².